The van der Waals surface area contributed by atoms with Crippen molar-refractivity contribution in [3.63, 3.8) is 0 Å². The number of carbonyl (C=O) groups excluding carboxylic acids is 12. The number of hydrogen-bond acceptors (Lipinski definition) is 22. The summed E-state index contributed by atoms with van der Waals surface area (Å²) < 4.78 is 0. The number of carboxylic acid groups (broad SMARTS) is 2. The molecule has 0 spiro atoms. The molecular formula is C69H95N17O19S2. The maximum Gasteiger partial charge on any atom is 0.326 e. The number of carboxylic acids is 2. The number of phenols is 1. The lowest BCUT2D eigenvalue weighted by atomic mass is 10.0. The highest BCUT2D eigenvalue weighted by atomic mass is 32.2. The van der Waals surface area contributed by atoms with Gasteiger partial charge in [-0.25, -0.2) is 9.78 Å². The van der Waals surface area contributed by atoms with Crippen molar-refractivity contribution in [1.29, 1.82) is 0 Å². The summed E-state index contributed by atoms with van der Waals surface area (Å²) in [4.78, 5) is 202. The smallest absolute Gasteiger partial charge is 0.326 e. The SMILES string of the molecule is CSCC[C@H](NC(=O)[C@H](CCCCN)NC(=O)[C@H](Cc1ccc(O)cc1)NC(=O)[C@H](CO)NC(=O)[C@H](Cc1ccccc1)NC(=O)[C@H](Cc1cnc[nH]1)NC(=O)[C@@H](N)CS)C(=O)N[C@@H](CCC(N)=O)C(=O)N[C@@H](CO)C(=O)N[C@@H](CC(=O)O)C(=O)N[C@H](C(=O)N[C@@H](Cc1c[nH]c2ccccc12)C(=O)O)C(C)C. The summed E-state index contributed by atoms with van der Waals surface area (Å²) in [5.41, 5.74) is 19.8. The molecule has 12 amide bonds. The van der Waals surface area contributed by atoms with Gasteiger partial charge in [0.2, 0.25) is 70.9 Å². The Hall–Kier alpha value is -10.7. The fourth-order valence-electron chi connectivity index (χ4n) is 10.9. The predicted molar refractivity (Wildman–Crippen MR) is 393 cm³/mol. The van der Waals surface area contributed by atoms with Crippen molar-refractivity contribution in [3.05, 3.63) is 120 Å². The third-order valence-electron chi connectivity index (χ3n) is 16.8. The second-order valence-electron chi connectivity index (χ2n) is 25.4. The molecule has 0 unspecified atom stereocenters. The van der Waals surface area contributed by atoms with E-state index in [1.165, 1.54) is 62.4 Å². The molecule has 38 heteroatoms. The van der Waals surface area contributed by atoms with E-state index in [1.54, 1.807) is 67.0 Å². The molecule has 0 saturated carbocycles. The van der Waals surface area contributed by atoms with Gasteiger partial charge in [-0.3, -0.25) is 62.3 Å². The first-order valence-corrected chi connectivity index (χ1v) is 36.2. The number of nitrogens with zero attached hydrogens (tertiary/aromatic N) is 1. The Morgan fingerprint density at radius 3 is 1.50 bits per heavy atom. The van der Waals surface area contributed by atoms with Crippen LogP contribution in [-0.4, -0.2) is 233 Å². The number of aliphatic hydroxyl groups is 2. The first-order chi connectivity index (χ1) is 51.0. The number of aliphatic carboxylic acids is 2. The minimum absolute atomic E-state index is 0.0734. The number of phenolic OH excluding ortho intramolecular Hbond substituents is 1. The molecule has 0 aliphatic carbocycles. The lowest BCUT2D eigenvalue weighted by Gasteiger charge is -2.28. The van der Waals surface area contributed by atoms with Gasteiger partial charge in [-0.05, 0) is 91.5 Å². The van der Waals surface area contributed by atoms with Gasteiger partial charge in [-0.1, -0.05) is 74.5 Å². The van der Waals surface area contributed by atoms with Crippen LogP contribution < -0.4 is 75.7 Å². The Morgan fingerprint density at radius 2 is 0.991 bits per heavy atom. The van der Waals surface area contributed by atoms with Gasteiger partial charge in [0.05, 0.1) is 32.0 Å². The van der Waals surface area contributed by atoms with Crippen molar-refractivity contribution in [1.82, 2.24) is 73.4 Å². The van der Waals surface area contributed by atoms with Crippen LogP contribution in [0.25, 0.3) is 10.9 Å². The Labute approximate surface area is 624 Å². The number of para-hydroxylation sites is 1. The van der Waals surface area contributed by atoms with Crippen LogP contribution in [0.2, 0.25) is 0 Å². The number of nitrogens with two attached hydrogens (primary N) is 3. The van der Waals surface area contributed by atoms with Gasteiger partial charge in [-0.15, -0.1) is 0 Å². The minimum atomic E-state index is -2.01. The molecule has 107 heavy (non-hydrogen) atoms. The molecule has 2 heterocycles. The van der Waals surface area contributed by atoms with Crippen LogP contribution in [0.1, 0.15) is 81.2 Å². The molecular weight excluding hydrogens is 1430 g/mol. The van der Waals surface area contributed by atoms with Crippen molar-refractivity contribution in [2.45, 2.75) is 157 Å². The number of aromatic hydroxyl groups is 1. The van der Waals surface area contributed by atoms with Gasteiger partial charge in [0, 0.05) is 66.8 Å². The molecule has 0 radical (unpaired) electrons. The number of benzene rings is 3. The number of carbonyl (C=O) groups is 14. The maximum atomic E-state index is 14.7. The van der Waals surface area contributed by atoms with Crippen LogP contribution >= 0.6 is 24.4 Å². The zero-order valence-electron chi connectivity index (χ0n) is 59.0. The lowest BCUT2D eigenvalue weighted by Crippen LogP contribution is -2.62. The van der Waals surface area contributed by atoms with Crippen LogP contribution in [0.4, 0.5) is 0 Å². The Bertz CT molecular complexity index is 3830. The number of amides is 12. The molecule has 5 rings (SSSR count). The number of rotatable bonds is 47. The maximum absolute atomic E-state index is 14.7. The number of aromatic nitrogens is 3. The second-order valence-corrected chi connectivity index (χ2v) is 26.8. The number of fused-ring (bicyclic) bond motifs is 1. The Morgan fingerprint density at radius 1 is 0.523 bits per heavy atom. The van der Waals surface area contributed by atoms with Crippen molar-refractivity contribution >= 4 is 118 Å². The number of aromatic amines is 2. The van der Waals surface area contributed by atoms with E-state index in [0.717, 1.165) is 0 Å². The number of thiol groups is 1. The van der Waals surface area contributed by atoms with E-state index in [0.29, 0.717) is 39.7 Å². The van der Waals surface area contributed by atoms with Crippen LogP contribution in [0.15, 0.2) is 97.6 Å². The second kappa shape index (κ2) is 44.3. The number of nitrogens with one attached hydrogen (secondary N) is 13. The van der Waals surface area contributed by atoms with Crippen molar-refractivity contribution in [2.24, 2.45) is 23.1 Å². The number of thioether (sulfide) groups is 1. The van der Waals surface area contributed by atoms with E-state index in [-0.39, 0.29) is 68.7 Å². The molecule has 24 N–H and O–H groups in total. The molecule has 3 aromatic carbocycles. The average molecular weight is 1530 g/mol. The molecule has 0 aliphatic rings. The standard InChI is InChI=1S/C69H95N17O19S2/c1-36(2)57(68(103)83-52(69(104)105)27-39-30-74-44-14-8-7-13-42(39)44)86-65(100)51(29-56(91)92)82-67(102)53(32-87)84-60(95)46(20-21-55(72)90)77-61(96)47(22-24-107-3)78-59(94)45(15-9-10-23-70)76-62(97)49(26-38-16-18-41(89)19-17-38)81-66(101)54(33-88)85-63(98)48(25-37-11-5-4-6-12-37)80-64(99)50(28-40-31-73-35-75-40)79-58(93)43(71)34-106/h4-8,11-14,16-19,30-31,35-36,43,45-54,57,74,87-89,106H,9-10,15,20-29,32-34,70-71H2,1-3H3,(H2,72,90)(H,73,75)(H,76,97)(H,77,96)(H,78,94)(H,79,93)(H,80,99)(H,81,101)(H,82,102)(H,83,103)(H,84,95)(H,85,98)(H,86,100)(H,91,92)(H,104,105)/t43-,45-,46-,47-,48-,49-,50-,51-,52-,53-,54-,57-/m0/s1. The Balaban J connectivity index is 1.34. The molecule has 582 valence electrons. The number of primary amides is 1. The van der Waals surface area contributed by atoms with Gasteiger partial charge in [-0.2, -0.15) is 24.4 Å². The van der Waals surface area contributed by atoms with E-state index in [4.69, 9.17) is 17.2 Å². The molecule has 12 atom stereocenters. The molecule has 5 aromatic rings. The van der Waals surface area contributed by atoms with Gasteiger partial charge < -0.3 is 111 Å². The molecule has 0 fully saturated rings. The molecule has 0 bridgehead atoms. The topological polar surface area (TPSA) is 595 Å². The summed E-state index contributed by atoms with van der Waals surface area (Å²) in [6.45, 7) is 0.840. The van der Waals surface area contributed by atoms with Gasteiger partial charge in [0.15, 0.2) is 0 Å². The first-order valence-electron chi connectivity index (χ1n) is 34.2. The lowest BCUT2D eigenvalue weighted by molar-refractivity contribution is -0.143. The van der Waals surface area contributed by atoms with Crippen LogP contribution in [-0.2, 0) is 92.8 Å². The van der Waals surface area contributed by atoms with Gasteiger partial charge in [0.1, 0.15) is 72.2 Å². The minimum Gasteiger partial charge on any atom is -0.508 e. The number of aliphatic hydroxyl groups excluding tert-OH is 2. The quantitative estimate of drug-likeness (QED) is 0.0130. The van der Waals surface area contributed by atoms with Crippen molar-refractivity contribution in [2.75, 3.05) is 37.5 Å². The summed E-state index contributed by atoms with van der Waals surface area (Å²) in [5.74, 6) is -16.4. The average Bonchev–Trinajstić information content (AvgIpc) is 1.71. The molecule has 2 aromatic heterocycles. The fraction of sp³-hybridized carbons (Fsp3) is 0.464. The summed E-state index contributed by atoms with van der Waals surface area (Å²) in [7, 11) is 0. The first kappa shape index (κ1) is 87.0. The third kappa shape index (κ3) is 28.6. The van der Waals surface area contributed by atoms with Gasteiger partial charge in [0.25, 0.3) is 0 Å². The number of hydrogen-bond donors (Lipinski definition) is 22. The third-order valence-corrected chi connectivity index (χ3v) is 17.8. The molecule has 0 aliphatic heterocycles. The van der Waals surface area contributed by atoms with E-state index in [2.05, 4.69) is 86.1 Å². The van der Waals surface area contributed by atoms with Crippen LogP contribution in [0, 0.1) is 5.92 Å². The van der Waals surface area contributed by atoms with Crippen molar-refractivity contribution in [3.8, 4) is 5.75 Å². The summed E-state index contributed by atoms with van der Waals surface area (Å²) in [5, 5.41) is 78.8. The van der Waals surface area contributed by atoms with E-state index < -0.39 is 194 Å². The molecule has 36 nitrogen and oxygen atoms in total. The highest BCUT2D eigenvalue weighted by Crippen LogP contribution is 2.21. The zero-order chi connectivity index (χ0) is 78.9. The van der Waals surface area contributed by atoms with Crippen molar-refractivity contribution < 1.29 is 92.7 Å². The summed E-state index contributed by atoms with van der Waals surface area (Å²) in [6.07, 6.45) is 3.17. The molecule has 0 saturated heterocycles. The van der Waals surface area contributed by atoms with E-state index in [9.17, 15) is 92.7 Å². The monoisotopic (exact) mass is 1530 g/mol. The predicted octanol–water partition coefficient (Wildman–Crippen LogP) is -4.20. The fourth-order valence-corrected chi connectivity index (χ4v) is 11.5. The Kier molecular flexibility index (Phi) is 36.0. The largest absolute Gasteiger partial charge is 0.508 e. The van der Waals surface area contributed by atoms with Crippen LogP contribution in [0.3, 0.4) is 0 Å². The van der Waals surface area contributed by atoms with E-state index in [1.807, 2.05) is 0 Å². The number of H-pyrrole nitrogens is 2. The normalized spacial score (nSPS) is 14.6. The summed E-state index contributed by atoms with van der Waals surface area (Å²) in [6, 6.07) is 1.60. The zero-order valence-corrected chi connectivity index (χ0v) is 60.8. The highest BCUT2D eigenvalue weighted by molar-refractivity contribution is 7.98. The number of imidazole rings is 1. The highest BCUT2D eigenvalue weighted by Gasteiger charge is 2.38. The van der Waals surface area contributed by atoms with E-state index >= 15 is 0 Å². The van der Waals surface area contributed by atoms with Crippen LogP contribution in [0.5, 0.6) is 5.75 Å². The summed E-state index contributed by atoms with van der Waals surface area (Å²) >= 11 is 5.31. The number of unbranched alkanes of at least 4 members (excludes halogenated alkanes) is 1. The van der Waals surface area contributed by atoms with Gasteiger partial charge >= 0.3 is 11.9 Å².